The van der Waals surface area contributed by atoms with Crippen LogP contribution < -0.4 is 15.0 Å². The molecule has 1 aliphatic heterocycles. The van der Waals surface area contributed by atoms with Gasteiger partial charge in [0.15, 0.2) is 6.61 Å². The molecule has 0 bridgehead atoms. The summed E-state index contributed by atoms with van der Waals surface area (Å²) in [7, 11) is 1.47. The average Bonchev–Trinajstić information content (AvgIpc) is 3.08. The number of methoxy groups -OCH3 is 1. The van der Waals surface area contributed by atoms with Crippen LogP contribution in [0.25, 0.3) is 0 Å². The van der Waals surface area contributed by atoms with E-state index in [2.05, 4.69) is 5.32 Å². The van der Waals surface area contributed by atoms with E-state index in [0.717, 1.165) is 11.3 Å². The molecular formula is C21H21ClN2O5. The van der Waals surface area contributed by atoms with Crippen LogP contribution in [-0.4, -0.2) is 38.0 Å². The summed E-state index contributed by atoms with van der Waals surface area (Å²) in [6, 6.07) is 12.3. The van der Waals surface area contributed by atoms with Crippen molar-refractivity contribution in [2.24, 2.45) is 5.92 Å². The van der Waals surface area contributed by atoms with Crippen molar-refractivity contribution < 1.29 is 23.9 Å². The Bertz CT molecular complexity index is 946. The Balaban J connectivity index is 1.56. The number of para-hydroxylation sites is 1. The summed E-state index contributed by atoms with van der Waals surface area (Å²) in [6.07, 6.45) is 0.0525. The monoisotopic (exact) mass is 416 g/mol. The number of nitrogens with zero attached hydrogens (tertiary/aromatic N) is 1. The van der Waals surface area contributed by atoms with Gasteiger partial charge in [-0.05, 0) is 36.8 Å². The summed E-state index contributed by atoms with van der Waals surface area (Å²) < 4.78 is 10.3. The van der Waals surface area contributed by atoms with Crippen LogP contribution in [0.1, 0.15) is 12.0 Å². The van der Waals surface area contributed by atoms with E-state index in [1.807, 2.05) is 31.2 Å². The molecule has 0 saturated carbocycles. The lowest BCUT2D eigenvalue weighted by molar-refractivity contribution is -0.151. The third kappa shape index (κ3) is 4.86. The van der Waals surface area contributed by atoms with Crippen LogP contribution >= 0.6 is 11.6 Å². The van der Waals surface area contributed by atoms with E-state index in [1.54, 1.807) is 17.0 Å². The first-order valence-electron chi connectivity index (χ1n) is 9.05. The Morgan fingerprint density at radius 1 is 1.24 bits per heavy atom. The van der Waals surface area contributed by atoms with Gasteiger partial charge in [0.25, 0.3) is 5.91 Å². The molecule has 0 radical (unpaired) electrons. The number of nitrogens with one attached hydrogen (secondary N) is 1. The number of ether oxygens (including phenoxy) is 2. The molecule has 1 atom stereocenters. The summed E-state index contributed by atoms with van der Waals surface area (Å²) in [4.78, 5) is 38.4. The lowest BCUT2D eigenvalue weighted by Crippen LogP contribution is -2.28. The van der Waals surface area contributed by atoms with E-state index in [0.29, 0.717) is 16.5 Å². The van der Waals surface area contributed by atoms with E-state index in [9.17, 15) is 14.4 Å². The first-order valence-corrected chi connectivity index (χ1v) is 9.43. The van der Waals surface area contributed by atoms with Crippen molar-refractivity contribution in [3.05, 3.63) is 53.1 Å². The summed E-state index contributed by atoms with van der Waals surface area (Å²) >= 11 is 5.93. The minimum Gasteiger partial charge on any atom is -0.495 e. The van der Waals surface area contributed by atoms with Gasteiger partial charge in [0.05, 0.1) is 18.7 Å². The maximum absolute atomic E-state index is 12.4. The van der Waals surface area contributed by atoms with Crippen molar-refractivity contribution in [2.75, 3.05) is 30.5 Å². The second kappa shape index (κ2) is 8.96. The van der Waals surface area contributed by atoms with Gasteiger partial charge in [-0.1, -0.05) is 29.8 Å². The molecule has 0 spiro atoms. The molecule has 7 nitrogen and oxygen atoms in total. The van der Waals surface area contributed by atoms with Crippen LogP contribution in [0.5, 0.6) is 5.75 Å². The number of anilines is 2. The number of benzene rings is 2. The fraction of sp³-hybridized carbons (Fsp3) is 0.286. The molecule has 152 valence electrons. The molecule has 29 heavy (non-hydrogen) atoms. The van der Waals surface area contributed by atoms with Crippen LogP contribution in [0.3, 0.4) is 0 Å². The molecule has 1 saturated heterocycles. The fourth-order valence-electron chi connectivity index (χ4n) is 3.18. The van der Waals surface area contributed by atoms with Crippen LogP contribution in [0, 0.1) is 12.8 Å². The van der Waals surface area contributed by atoms with Gasteiger partial charge in [0.2, 0.25) is 5.91 Å². The van der Waals surface area contributed by atoms with Crippen LogP contribution in [0.15, 0.2) is 42.5 Å². The lowest BCUT2D eigenvalue weighted by Gasteiger charge is -2.18. The molecule has 2 amide bonds. The average molecular weight is 417 g/mol. The van der Waals surface area contributed by atoms with E-state index >= 15 is 0 Å². The number of hydrogen-bond acceptors (Lipinski definition) is 5. The number of hydrogen-bond donors (Lipinski definition) is 1. The molecule has 2 aromatic carbocycles. The smallest absolute Gasteiger partial charge is 0.311 e. The minimum atomic E-state index is -0.615. The third-order valence-corrected chi connectivity index (χ3v) is 4.88. The van der Waals surface area contributed by atoms with Gasteiger partial charge in [0.1, 0.15) is 5.75 Å². The Morgan fingerprint density at radius 2 is 2.00 bits per heavy atom. The molecule has 8 heteroatoms. The molecule has 0 aromatic heterocycles. The van der Waals surface area contributed by atoms with Crippen molar-refractivity contribution >= 4 is 40.8 Å². The largest absolute Gasteiger partial charge is 0.495 e. The lowest BCUT2D eigenvalue weighted by atomic mass is 10.1. The predicted octanol–water partition coefficient (Wildman–Crippen LogP) is 3.19. The first kappa shape index (κ1) is 20.7. The number of rotatable bonds is 6. The standard InChI is InChI=1S/C21H21ClN2O5/c1-13-5-3-4-6-17(13)24-11-14(9-20(24)26)21(27)29-12-19(25)23-16-10-15(22)7-8-18(16)28-2/h3-8,10,14H,9,11-12H2,1-2H3,(H,23,25)/t14-/m1/s1. The SMILES string of the molecule is COc1ccc(Cl)cc1NC(=O)COC(=O)[C@@H]1CC(=O)N(c2ccccc2C)C1. The quantitative estimate of drug-likeness (QED) is 0.731. The Kier molecular flexibility index (Phi) is 6.39. The molecule has 3 rings (SSSR count). The highest BCUT2D eigenvalue weighted by Crippen LogP contribution is 2.29. The highest BCUT2D eigenvalue weighted by Gasteiger charge is 2.36. The Hall–Kier alpha value is -3.06. The molecule has 0 aliphatic carbocycles. The molecule has 1 heterocycles. The number of aryl methyl sites for hydroxylation is 1. The molecule has 1 aliphatic rings. The van der Waals surface area contributed by atoms with E-state index in [-0.39, 0.29) is 18.9 Å². The summed E-state index contributed by atoms with van der Waals surface area (Å²) in [5.74, 6) is -1.43. The third-order valence-electron chi connectivity index (χ3n) is 4.65. The number of carbonyl (C=O) groups is 3. The highest BCUT2D eigenvalue weighted by molar-refractivity contribution is 6.31. The van der Waals surface area contributed by atoms with Gasteiger partial charge in [0, 0.05) is 23.7 Å². The summed E-state index contributed by atoms with van der Waals surface area (Å²) in [5, 5.41) is 3.03. The van der Waals surface area contributed by atoms with E-state index in [4.69, 9.17) is 21.1 Å². The van der Waals surface area contributed by atoms with Crippen molar-refractivity contribution in [1.82, 2.24) is 0 Å². The van der Waals surface area contributed by atoms with Gasteiger partial charge >= 0.3 is 5.97 Å². The van der Waals surface area contributed by atoms with Crippen molar-refractivity contribution in [2.45, 2.75) is 13.3 Å². The fourth-order valence-corrected chi connectivity index (χ4v) is 3.36. The zero-order chi connectivity index (χ0) is 21.0. The van der Waals surface area contributed by atoms with Crippen LogP contribution in [-0.2, 0) is 19.1 Å². The minimum absolute atomic E-state index is 0.0525. The van der Waals surface area contributed by atoms with E-state index in [1.165, 1.54) is 13.2 Å². The van der Waals surface area contributed by atoms with Crippen molar-refractivity contribution in [3.63, 3.8) is 0 Å². The Labute approximate surface area is 173 Å². The Morgan fingerprint density at radius 3 is 2.72 bits per heavy atom. The highest BCUT2D eigenvalue weighted by atomic mass is 35.5. The number of esters is 1. The van der Waals surface area contributed by atoms with Crippen molar-refractivity contribution in [3.8, 4) is 5.75 Å². The zero-order valence-electron chi connectivity index (χ0n) is 16.1. The predicted molar refractivity (Wildman–Crippen MR) is 109 cm³/mol. The van der Waals surface area contributed by atoms with Gasteiger partial charge in [-0.15, -0.1) is 0 Å². The normalized spacial score (nSPS) is 15.9. The first-order chi connectivity index (χ1) is 13.9. The maximum atomic E-state index is 12.4. The molecule has 0 unspecified atom stereocenters. The van der Waals surface area contributed by atoms with E-state index < -0.39 is 24.4 Å². The van der Waals surface area contributed by atoms with Gasteiger partial charge in [-0.2, -0.15) is 0 Å². The topological polar surface area (TPSA) is 84.9 Å². The number of carbonyl (C=O) groups excluding carboxylic acids is 3. The van der Waals surface area contributed by atoms with Gasteiger partial charge < -0.3 is 19.7 Å². The molecule has 2 aromatic rings. The van der Waals surface area contributed by atoms with Crippen molar-refractivity contribution in [1.29, 1.82) is 0 Å². The van der Waals surface area contributed by atoms with Gasteiger partial charge in [-0.25, -0.2) is 0 Å². The summed E-state index contributed by atoms with van der Waals surface area (Å²) in [6.45, 7) is 1.67. The second-order valence-corrected chi connectivity index (χ2v) is 7.13. The second-order valence-electron chi connectivity index (χ2n) is 6.69. The zero-order valence-corrected chi connectivity index (χ0v) is 16.9. The number of amides is 2. The van der Waals surface area contributed by atoms with Crippen LogP contribution in [0.2, 0.25) is 5.02 Å². The molecule has 1 fully saturated rings. The molecular weight excluding hydrogens is 396 g/mol. The van der Waals surface area contributed by atoms with Crippen LogP contribution in [0.4, 0.5) is 11.4 Å². The maximum Gasteiger partial charge on any atom is 0.311 e. The van der Waals surface area contributed by atoms with Gasteiger partial charge in [-0.3, -0.25) is 14.4 Å². The summed E-state index contributed by atoms with van der Waals surface area (Å²) in [5.41, 5.74) is 2.10. The molecule has 1 N–H and O–H groups in total. The number of halogens is 1.